The van der Waals surface area contributed by atoms with Crippen LogP contribution in [0.5, 0.6) is 11.5 Å². The highest BCUT2D eigenvalue weighted by molar-refractivity contribution is 7.13. The van der Waals surface area contributed by atoms with E-state index in [2.05, 4.69) is 15.2 Å². The maximum Gasteiger partial charge on any atom is 0.348 e. The predicted octanol–water partition coefficient (Wildman–Crippen LogP) is 6.88. The van der Waals surface area contributed by atoms with E-state index in [-0.39, 0.29) is 24.0 Å². The first-order valence-corrected chi connectivity index (χ1v) is 18.4. The maximum absolute atomic E-state index is 14.1. The summed E-state index contributed by atoms with van der Waals surface area (Å²) in [6.45, 7) is 5.26. The zero-order chi connectivity index (χ0) is 35.3. The Morgan fingerprint density at radius 1 is 1.00 bits per heavy atom. The largest absolute Gasteiger partial charge is 0.870 e. The van der Waals surface area contributed by atoms with Gasteiger partial charge < -0.3 is 24.4 Å². The van der Waals surface area contributed by atoms with E-state index in [0.29, 0.717) is 56.4 Å². The molecule has 3 atom stereocenters. The standard InChI is InChI=1S/C38H41Cl2N3O6S.H2O/c1-4-38(26-8-6-5-7-9-26,37(45)49-34-23-43-16-14-24(34)15-17-43)42-20-27-11-13-35(50-27)36(44)48-32(19-28-29(39)21-41-22-30(28)40)25-10-12-31(46-2)33(18-25)47-3;/h5-13,18,21-22,24,32,34,42H,4,14-17,19-20,23H2,1-3H3;1H2/t32-,34-,38?;/m0./s1. The van der Waals surface area contributed by atoms with E-state index < -0.39 is 17.6 Å². The highest BCUT2D eigenvalue weighted by atomic mass is 35.5. The molecular formula is C38H43Cl2N3O7S. The second-order valence-corrected chi connectivity index (χ2v) is 14.7. The van der Waals surface area contributed by atoms with Crippen molar-refractivity contribution in [1.29, 1.82) is 0 Å². The van der Waals surface area contributed by atoms with Gasteiger partial charge in [0.15, 0.2) is 23.9 Å². The first kappa shape index (κ1) is 38.5. The molecule has 2 bridgehead atoms. The van der Waals surface area contributed by atoms with Crippen molar-refractivity contribution >= 4 is 46.5 Å². The second kappa shape index (κ2) is 17.2. The quantitative estimate of drug-likeness (QED) is 0.137. The van der Waals surface area contributed by atoms with E-state index in [0.717, 1.165) is 42.9 Å². The van der Waals surface area contributed by atoms with E-state index in [4.69, 9.17) is 42.1 Å². The Morgan fingerprint density at radius 3 is 2.33 bits per heavy atom. The molecule has 3 fully saturated rings. The van der Waals surface area contributed by atoms with Crippen LogP contribution < -0.4 is 19.8 Å². The van der Waals surface area contributed by atoms with Gasteiger partial charge in [-0.25, -0.2) is 14.6 Å². The lowest BCUT2D eigenvalue weighted by molar-refractivity contribution is -0.377. The average molecular weight is 757 g/mol. The number of aromatic amines is 1. The molecule has 1 unspecified atom stereocenters. The summed E-state index contributed by atoms with van der Waals surface area (Å²) in [4.78, 5) is 34.4. The molecule has 2 aromatic carbocycles. The Balaban J connectivity index is 0.00000504. The van der Waals surface area contributed by atoms with Crippen LogP contribution in [0.2, 0.25) is 10.0 Å². The fourth-order valence-corrected chi connectivity index (χ4v) is 8.28. The first-order chi connectivity index (χ1) is 24.2. The monoisotopic (exact) mass is 755 g/mol. The Hall–Kier alpha value is -3.71. The number of halogens is 2. The molecule has 13 heteroatoms. The Bertz CT molecular complexity index is 1780. The predicted molar refractivity (Wildman–Crippen MR) is 195 cm³/mol. The normalized spacial score (nSPS) is 19.7. The number of rotatable bonds is 14. The molecule has 51 heavy (non-hydrogen) atoms. The number of esters is 2. The number of H-pyrrole nitrogens is 1. The number of pyridine rings is 1. The van der Waals surface area contributed by atoms with Crippen molar-refractivity contribution < 1.29 is 39.0 Å². The van der Waals surface area contributed by atoms with Gasteiger partial charge in [0.1, 0.15) is 32.7 Å². The summed E-state index contributed by atoms with van der Waals surface area (Å²) < 4.78 is 23.4. The Morgan fingerprint density at radius 2 is 1.71 bits per heavy atom. The molecule has 3 aliphatic heterocycles. The van der Waals surface area contributed by atoms with Gasteiger partial charge in [-0.3, -0.25) is 10.2 Å². The van der Waals surface area contributed by atoms with Crippen LogP contribution in [-0.4, -0.2) is 62.3 Å². The Kier molecular flexibility index (Phi) is 13.0. The van der Waals surface area contributed by atoms with Gasteiger partial charge in [0.25, 0.3) is 0 Å². The van der Waals surface area contributed by atoms with Crippen LogP contribution in [0.15, 0.2) is 73.1 Å². The fraction of sp³-hybridized carbons (Fsp3) is 0.395. The van der Waals surface area contributed by atoms with Crippen LogP contribution in [0.1, 0.15) is 63.5 Å². The molecule has 3 N–H and O–H groups in total. The molecule has 5 heterocycles. The summed E-state index contributed by atoms with van der Waals surface area (Å²) in [5, 5.41) is 4.40. The number of ether oxygens (including phenoxy) is 4. The molecule has 0 aliphatic carbocycles. The molecule has 0 amide bonds. The average Bonchev–Trinajstić information content (AvgIpc) is 3.63. The lowest BCUT2D eigenvalue weighted by Gasteiger charge is -2.45. The van der Waals surface area contributed by atoms with Gasteiger partial charge in [0.2, 0.25) is 0 Å². The smallest absolute Gasteiger partial charge is 0.348 e. The van der Waals surface area contributed by atoms with Gasteiger partial charge in [-0.05, 0) is 73.7 Å². The van der Waals surface area contributed by atoms with Crippen molar-refractivity contribution in [2.24, 2.45) is 5.92 Å². The lowest BCUT2D eigenvalue weighted by Crippen LogP contribution is -2.56. The van der Waals surface area contributed by atoms with E-state index in [1.807, 2.05) is 49.4 Å². The van der Waals surface area contributed by atoms with E-state index >= 15 is 0 Å². The number of carbonyl (C=O) groups is 2. The van der Waals surface area contributed by atoms with E-state index in [9.17, 15) is 9.59 Å². The zero-order valence-corrected chi connectivity index (χ0v) is 31.2. The number of piperidine rings is 3. The van der Waals surface area contributed by atoms with Crippen LogP contribution in [0, 0.1) is 5.92 Å². The molecule has 2 aromatic heterocycles. The van der Waals surface area contributed by atoms with Crippen LogP contribution >= 0.6 is 34.5 Å². The van der Waals surface area contributed by atoms with Crippen LogP contribution in [0.3, 0.4) is 0 Å². The highest BCUT2D eigenvalue weighted by Crippen LogP contribution is 2.37. The van der Waals surface area contributed by atoms with Gasteiger partial charge >= 0.3 is 11.9 Å². The lowest BCUT2D eigenvalue weighted by atomic mass is 9.84. The van der Waals surface area contributed by atoms with Crippen molar-refractivity contribution in [1.82, 2.24) is 10.2 Å². The molecule has 7 rings (SSSR count). The molecule has 0 radical (unpaired) electrons. The maximum atomic E-state index is 14.1. The number of methoxy groups -OCH3 is 2. The van der Waals surface area contributed by atoms with E-state index in [1.165, 1.54) is 11.3 Å². The minimum Gasteiger partial charge on any atom is -0.870 e. The third kappa shape index (κ3) is 8.51. The molecule has 4 aromatic rings. The zero-order valence-electron chi connectivity index (χ0n) is 28.8. The summed E-state index contributed by atoms with van der Waals surface area (Å²) >= 11 is 14.3. The summed E-state index contributed by atoms with van der Waals surface area (Å²) in [5.41, 5.74) is 1.12. The first-order valence-electron chi connectivity index (χ1n) is 16.8. The van der Waals surface area contributed by atoms with Gasteiger partial charge in [-0.2, -0.15) is 0 Å². The number of hydrogen-bond donors (Lipinski definition) is 1. The number of benzene rings is 2. The summed E-state index contributed by atoms with van der Waals surface area (Å²) in [6.07, 6.45) is 5.25. The van der Waals surface area contributed by atoms with E-state index in [1.54, 1.807) is 44.8 Å². The van der Waals surface area contributed by atoms with Gasteiger partial charge in [-0.15, -0.1) is 11.3 Å². The van der Waals surface area contributed by atoms with Crippen LogP contribution in [0.4, 0.5) is 0 Å². The van der Waals surface area contributed by atoms with Crippen molar-refractivity contribution in [3.8, 4) is 11.5 Å². The second-order valence-electron chi connectivity index (χ2n) is 12.7. The van der Waals surface area contributed by atoms with Crippen molar-refractivity contribution in [2.45, 2.75) is 56.9 Å². The van der Waals surface area contributed by atoms with Crippen molar-refractivity contribution in [2.75, 3.05) is 33.9 Å². The van der Waals surface area contributed by atoms with Crippen LogP contribution in [-0.2, 0) is 32.8 Å². The summed E-state index contributed by atoms with van der Waals surface area (Å²) in [7, 11) is 3.11. The molecule has 3 aliphatic rings. The number of carbonyl (C=O) groups excluding carboxylic acids is 2. The topological polar surface area (TPSA) is 130 Å². The molecule has 272 valence electrons. The molecule has 0 saturated carbocycles. The van der Waals surface area contributed by atoms with Gasteiger partial charge in [0, 0.05) is 30.0 Å². The summed E-state index contributed by atoms with van der Waals surface area (Å²) in [5.74, 6) is 0.680. The van der Waals surface area contributed by atoms with Crippen LogP contribution in [0.25, 0.3) is 0 Å². The molecule has 3 saturated heterocycles. The number of nitrogens with zero attached hydrogens (tertiary/aromatic N) is 1. The van der Waals surface area contributed by atoms with Crippen molar-refractivity contribution in [3.05, 3.63) is 110 Å². The van der Waals surface area contributed by atoms with Crippen molar-refractivity contribution in [3.63, 3.8) is 0 Å². The molecular weight excluding hydrogens is 713 g/mol. The van der Waals surface area contributed by atoms with Gasteiger partial charge in [0.05, 0.1) is 14.2 Å². The van der Waals surface area contributed by atoms with Gasteiger partial charge in [-0.1, -0.05) is 66.5 Å². The minimum absolute atomic E-state index is 0. The number of hydrogen-bond acceptors (Lipinski definition) is 10. The number of aromatic nitrogens is 1. The Labute approximate surface area is 312 Å². The SMILES string of the molecule is CCC(NCc1ccc(C(=O)O[C@@H](Cc2c(Cl)c[nH+]cc2Cl)c2ccc(OC)c(OC)c2)s1)(C(=O)O[C@H]1CN2CCC1CC2)c1ccccc1.[OH-]. The third-order valence-corrected chi connectivity index (χ3v) is 11.6. The third-order valence-electron chi connectivity index (χ3n) is 9.84. The number of fused-ring (bicyclic) bond motifs is 3. The summed E-state index contributed by atoms with van der Waals surface area (Å²) in [6, 6.07) is 18.7. The number of thiophene rings is 1. The number of nitrogens with one attached hydrogen (secondary N) is 2. The highest BCUT2D eigenvalue weighted by Gasteiger charge is 2.44. The molecule has 0 spiro atoms. The molecule has 10 nitrogen and oxygen atoms in total. The minimum atomic E-state index is -1.05. The fourth-order valence-electron chi connectivity index (χ4n) is 6.92.